The number of rotatable bonds is 5. The van der Waals surface area contributed by atoms with Gasteiger partial charge in [0.2, 0.25) is 0 Å². The Labute approximate surface area is 129 Å². The quantitative estimate of drug-likeness (QED) is 0.443. The SMILES string of the molecule is FCC=CCC[C@H]1CC[C@H](c2ccc(C(F)(F)F)cc2)CC1. The van der Waals surface area contributed by atoms with E-state index in [4.69, 9.17) is 0 Å². The van der Waals surface area contributed by atoms with Gasteiger partial charge in [0.15, 0.2) is 0 Å². The van der Waals surface area contributed by atoms with Crippen molar-refractivity contribution in [3.8, 4) is 0 Å². The number of hydrogen-bond donors (Lipinski definition) is 0. The molecule has 4 heteroatoms. The first-order valence-corrected chi connectivity index (χ1v) is 7.89. The van der Waals surface area contributed by atoms with Crippen molar-refractivity contribution in [3.05, 3.63) is 47.5 Å². The molecule has 0 atom stereocenters. The maximum Gasteiger partial charge on any atom is 0.416 e. The molecule has 2 rings (SSSR count). The highest BCUT2D eigenvalue weighted by molar-refractivity contribution is 5.27. The fraction of sp³-hybridized carbons (Fsp3) is 0.556. The normalized spacial score (nSPS) is 23.1. The molecule has 0 bridgehead atoms. The third-order valence-corrected chi connectivity index (χ3v) is 4.55. The van der Waals surface area contributed by atoms with Crippen LogP contribution in [0.4, 0.5) is 17.6 Å². The summed E-state index contributed by atoms with van der Waals surface area (Å²) in [7, 11) is 0. The fourth-order valence-corrected chi connectivity index (χ4v) is 3.24. The van der Waals surface area contributed by atoms with E-state index in [1.54, 1.807) is 18.2 Å². The lowest BCUT2D eigenvalue weighted by Crippen LogP contribution is -2.13. The van der Waals surface area contributed by atoms with Crippen LogP contribution >= 0.6 is 0 Å². The third kappa shape index (κ3) is 4.85. The molecule has 1 fully saturated rings. The standard InChI is InChI=1S/C18H22F4/c19-13-3-1-2-4-14-5-7-15(8-6-14)16-9-11-17(12-10-16)18(20,21)22/h1,3,9-12,14-15H,2,4-8,13H2/t14-,15-. The Bertz CT molecular complexity index is 465. The summed E-state index contributed by atoms with van der Waals surface area (Å²) in [5, 5.41) is 0. The van der Waals surface area contributed by atoms with Crippen molar-refractivity contribution in [2.24, 2.45) is 5.92 Å². The van der Waals surface area contributed by atoms with Gasteiger partial charge in [0, 0.05) is 0 Å². The van der Waals surface area contributed by atoms with Gasteiger partial charge in [0.05, 0.1) is 5.56 Å². The highest BCUT2D eigenvalue weighted by Gasteiger charge is 2.30. The third-order valence-electron chi connectivity index (χ3n) is 4.55. The van der Waals surface area contributed by atoms with Crippen LogP contribution in [-0.2, 0) is 6.18 Å². The van der Waals surface area contributed by atoms with Crippen LogP contribution in [0.1, 0.15) is 55.6 Å². The molecule has 0 spiro atoms. The average molecular weight is 314 g/mol. The Hall–Kier alpha value is -1.32. The summed E-state index contributed by atoms with van der Waals surface area (Å²) >= 11 is 0. The van der Waals surface area contributed by atoms with Gasteiger partial charge in [-0.25, -0.2) is 4.39 Å². The molecule has 122 valence electrons. The largest absolute Gasteiger partial charge is 0.416 e. The molecule has 0 heterocycles. The van der Waals surface area contributed by atoms with E-state index in [1.807, 2.05) is 6.08 Å². The zero-order valence-corrected chi connectivity index (χ0v) is 12.6. The van der Waals surface area contributed by atoms with E-state index in [0.717, 1.165) is 44.1 Å². The summed E-state index contributed by atoms with van der Waals surface area (Å²) in [6.07, 6.45) is 5.45. The number of allylic oxidation sites excluding steroid dienone is 2. The molecule has 1 aliphatic rings. The molecule has 0 N–H and O–H groups in total. The topological polar surface area (TPSA) is 0 Å². The maximum atomic E-state index is 12.6. The smallest absolute Gasteiger partial charge is 0.247 e. The van der Waals surface area contributed by atoms with E-state index in [-0.39, 0.29) is 0 Å². The molecule has 0 radical (unpaired) electrons. The van der Waals surface area contributed by atoms with Gasteiger partial charge in [-0.3, -0.25) is 0 Å². The van der Waals surface area contributed by atoms with E-state index in [9.17, 15) is 17.6 Å². The van der Waals surface area contributed by atoms with Gasteiger partial charge in [0.25, 0.3) is 0 Å². The maximum absolute atomic E-state index is 12.6. The number of halogens is 4. The van der Waals surface area contributed by atoms with Crippen LogP contribution in [0, 0.1) is 5.92 Å². The second kappa shape index (κ2) is 7.80. The molecule has 22 heavy (non-hydrogen) atoms. The van der Waals surface area contributed by atoms with Gasteiger partial charge in [0.1, 0.15) is 6.67 Å². The zero-order chi connectivity index (χ0) is 16.0. The lowest BCUT2D eigenvalue weighted by molar-refractivity contribution is -0.137. The number of benzene rings is 1. The van der Waals surface area contributed by atoms with Crippen molar-refractivity contribution in [1.29, 1.82) is 0 Å². The molecule has 0 unspecified atom stereocenters. The summed E-state index contributed by atoms with van der Waals surface area (Å²) in [4.78, 5) is 0. The summed E-state index contributed by atoms with van der Waals surface area (Å²) in [6.45, 7) is -0.402. The molecule has 1 aliphatic carbocycles. The van der Waals surface area contributed by atoms with Crippen LogP contribution in [0.25, 0.3) is 0 Å². The van der Waals surface area contributed by atoms with Crippen LogP contribution in [-0.4, -0.2) is 6.67 Å². The second-order valence-electron chi connectivity index (χ2n) is 6.04. The molecule has 0 saturated heterocycles. The molecule has 1 aromatic carbocycles. The molecular weight excluding hydrogens is 292 g/mol. The summed E-state index contributed by atoms with van der Waals surface area (Å²) < 4.78 is 49.6. The molecule has 0 aliphatic heterocycles. The molecular formula is C18H22F4. The van der Waals surface area contributed by atoms with Gasteiger partial charge < -0.3 is 0 Å². The molecule has 1 aromatic rings. The van der Waals surface area contributed by atoms with E-state index in [0.29, 0.717) is 11.8 Å². The number of hydrogen-bond acceptors (Lipinski definition) is 0. The Balaban J connectivity index is 1.82. The van der Waals surface area contributed by atoms with Crippen LogP contribution < -0.4 is 0 Å². The van der Waals surface area contributed by atoms with Gasteiger partial charge in [-0.2, -0.15) is 13.2 Å². The zero-order valence-electron chi connectivity index (χ0n) is 12.6. The fourth-order valence-electron chi connectivity index (χ4n) is 3.24. The average Bonchev–Trinajstić information content (AvgIpc) is 2.51. The summed E-state index contributed by atoms with van der Waals surface area (Å²) in [5.74, 6) is 1.04. The minimum absolute atomic E-state index is 0.375. The van der Waals surface area contributed by atoms with Crippen molar-refractivity contribution >= 4 is 0 Å². The van der Waals surface area contributed by atoms with Crippen molar-refractivity contribution in [2.45, 2.75) is 50.6 Å². The van der Waals surface area contributed by atoms with Gasteiger partial charge in [-0.15, -0.1) is 0 Å². The van der Waals surface area contributed by atoms with E-state index in [1.165, 1.54) is 12.1 Å². The van der Waals surface area contributed by atoms with Gasteiger partial charge in [-0.05, 0) is 68.1 Å². The van der Waals surface area contributed by atoms with Crippen molar-refractivity contribution < 1.29 is 17.6 Å². The van der Waals surface area contributed by atoms with Crippen LogP contribution in [0.15, 0.2) is 36.4 Å². The van der Waals surface area contributed by atoms with Crippen LogP contribution in [0.2, 0.25) is 0 Å². The van der Waals surface area contributed by atoms with E-state index >= 15 is 0 Å². The first-order chi connectivity index (χ1) is 10.5. The molecule has 0 amide bonds. The van der Waals surface area contributed by atoms with Crippen molar-refractivity contribution in [2.75, 3.05) is 6.67 Å². The lowest BCUT2D eigenvalue weighted by Gasteiger charge is -2.28. The Morgan fingerprint density at radius 1 is 0.955 bits per heavy atom. The predicted octanol–water partition coefficient (Wildman–Crippen LogP) is 6.29. The number of alkyl halides is 4. The molecule has 0 aromatic heterocycles. The monoisotopic (exact) mass is 314 g/mol. The summed E-state index contributed by atoms with van der Waals surface area (Å²) in [6, 6.07) is 5.61. The van der Waals surface area contributed by atoms with Crippen LogP contribution in [0.3, 0.4) is 0 Å². The first kappa shape index (κ1) is 17.0. The minimum atomic E-state index is -4.26. The van der Waals surface area contributed by atoms with Crippen molar-refractivity contribution in [3.63, 3.8) is 0 Å². The first-order valence-electron chi connectivity index (χ1n) is 7.89. The van der Waals surface area contributed by atoms with Crippen LogP contribution in [0.5, 0.6) is 0 Å². The summed E-state index contributed by atoms with van der Waals surface area (Å²) in [5.41, 5.74) is 0.438. The van der Waals surface area contributed by atoms with Gasteiger partial charge >= 0.3 is 6.18 Å². The molecule has 1 saturated carbocycles. The van der Waals surface area contributed by atoms with Gasteiger partial charge in [-0.1, -0.05) is 24.3 Å². The Morgan fingerprint density at radius 2 is 1.59 bits per heavy atom. The Morgan fingerprint density at radius 3 is 2.14 bits per heavy atom. The van der Waals surface area contributed by atoms with E-state index < -0.39 is 18.4 Å². The predicted molar refractivity (Wildman–Crippen MR) is 80.5 cm³/mol. The molecule has 0 nitrogen and oxygen atoms in total. The highest BCUT2D eigenvalue weighted by Crippen LogP contribution is 2.38. The highest BCUT2D eigenvalue weighted by atomic mass is 19.4. The Kier molecular flexibility index (Phi) is 6.04. The van der Waals surface area contributed by atoms with E-state index in [2.05, 4.69) is 0 Å². The lowest BCUT2D eigenvalue weighted by atomic mass is 9.77. The van der Waals surface area contributed by atoms with Crippen molar-refractivity contribution in [1.82, 2.24) is 0 Å². The minimum Gasteiger partial charge on any atom is -0.247 e. The second-order valence-corrected chi connectivity index (χ2v) is 6.04.